The molecule has 0 aromatic carbocycles. The summed E-state index contributed by atoms with van der Waals surface area (Å²) in [6.45, 7) is 1.39. The highest BCUT2D eigenvalue weighted by Gasteiger charge is 2.07. The average Bonchev–Trinajstić information content (AvgIpc) is 2.54. The van der Waals surface area contributed by atoms with Crippen LogP contribution in [0.3, 0.4) is 0 Å². The SMILES string of the molecule is COCCn1nc(Br)c2ncccc21. The van der Waals surface area contributed by atoms with Gasteiger partial charge in [-0.05, 0) is 28.1 Å². The molecule has 0 unspecified atom stereocenters. The van der Waals surface area contributed by atoms with Gasteiger partial charge in [-0.1, -0.05) is 0 Å². The molecule has 0 bridgehead atoms. The Balaban J connectivity index is 2.44. The van der Waals surface area contributed by atoms with Crippen molar-refractivity contribution in [3.8, 4) is 0 Å². The summed E-state index contributed by atoms with van der Waals surface area (Å²) < 4.78 is 7.67. The molecule has 0 saturated heterocycles. The third kappa shape index (κ3) is 1.65. The fraction of sp³-hybridized carbons (Fsp3) is 0.333. The van der Waals surface area contributed by atoms with Crippen LogP contribution >= 0.6 is 15.9 Å². The van der Waals surface area contributed by atoms with Crippen molar-refractivity contribution in [2.45, 2.75) is 6.54 Å². The zero-order valence-corrected chi connectivity index (χ0v) is 9.36. The second-order valence-electron chi connectivity index (χ2n) is 2.88. The zero-order chi connectivity index (χ0) is 9.97. The van der Waals surface area contributed by atoms with Crippen LogP contribution in [-0.4, -0.2) is 28.5 Å². The number of aromatic nitrogens is 3. The zero-order valence-electron chi connectivity index (χ0n) is 7.77. The second kappa shape index (κ2) is 4.06. The number of hydrogen-bond donors (Lipinski definition) is 0. The Labute approximate surface area is 90.0 Å². The molecule has 4 nitrogen and oxygen atoms in total. The number of fused-ring (bicyclic) bond motifs is 1. The molecule has 0 aliphatic heterocycles. The predicted octanol–water partition coefficient (Wildman–Crippen LogP) is 1.84. The normalized spacial score (nSPS) is 11.0. The Morgan fingerprint density at radius 2 is 2.43 bits per heavy atom. The van der Waals surface area contributed by atoms with Crippen LogP contribution in [0.5, 0.6) is 0 Å². The van der Waals surface area contributed by atoms with Crippen molar-refractivity contribution in [3.05, 3.63) is 22.9 Å². The molecule has 2 aromatic rings. The molecule has 5 heteroatoms. The highest BCUT2D eigenvalue weighted by atomic mass is 79.9. The summed E-state index contributed by atoms with van der Waals surface area (Å²) in [5.74, 6) is 0. The minimum atomic E-state index is 0.651. The first kappa shape index (κ1) is 9.61. The molecule has 2 aromatic heterocycles. The summed E-state index contributed by atoms with van der Waals surface area (Å²) in [4.78, 5) is 4.24. The third-order valence-electron chi connectivity index (χ3n) is 1.98. The Kier molecular flexibility index (Phi) is 2.79. The van der Waals surface area contributed by atoms with E-state index in [0.717, 1.165) is 22.2 Å². The molecule has 0 spiro atoms. The molecule has 2 rings (SSSR count). The van der Waals surface area contributed by atoms with Crippen LogP contribution in [0.1, 0.15) is 0 Å². The van der Waals surface area contributed by atoms with Crippen molar-refractivity contribution in [1.29, 1.82) is 0 Å². The van der Waals surface area contributed by atoms with E-state index in [2.05, 4.69) is 26.0 Å². The molecule has 0 N–H and O–H groups in total. The number of methoxy groups -OCH3 is 1. The second-order valence-corrected chi connectivity index (χ2v) is 3.63. The van der Waals surface area contributed by atoms with Gasteiger partial charge in [-0.15, -0.1) is 0 Å². The molecule has 0 atom stereocenters. The first-order valence-electron chi connectivity index (χ1n) is 4.29. The lowest BCUT2D eigenvalue weighted by Gasteiger charge is -2.00. The van der Waals surface area contributed by atoms with E-state index >= 15 is 0 Å². The van der Waals surface area contributed by atoms with Gasteiger partial charge in [-0.25, -0.2) is 0 Å². The minimum Gasteiger partial charge on any atom is -0.383 e. The van der Waals surface area contributed by atoms with E-state index in [1.807, 2.05) is 16.8 Å². The third-order valence-corrected chi connectivity index (χ3v) is 2.51. The molecule has 2 heterocycles. The van der Waals surface area contributed by atoms with Crippen LogP contribution in [0.2, 0.25) is 0 Å². The van der Waals surface area contributed by atoms with Gasteiger partial charge in [0.25, 0.3) is 0 Å². The van der Waals surface area contributed by atoms with Crippen LogP contribution in [0, 0.1) is 0 Å². The van der Waals surface area contributed by atoms with Gasteiger partial charge in [0.2, 0.25) is 0 Å². The van der Waals surface area contributed by atoms with Gasteiger partial charge in [0.1, 0.15) is 5.52 Å². The topological polar surface area (TPSA) is 39.9 Å². The van der Waals surface area contributed by atoms with E-state index in [1.54, 1.807) is 13.3 Å². The molecule has 0 radical (unpaired) electrons. The van der Waals surface area contributed by atoms with Crippen LogP contribution in [-0.2, 0) is 11.3 Å². The predicted molar refractivity (Wildman–Crippen MR) is 57.1 cm³/mol. The van der Waals surface area contributed by atoms with Gasteiger partial charge in [-0.2, -0.15) is 5.10 Å². The van der Waals surface area contributed by atoms with Crippen molar-refractivity contribution < 1.29 is 4.74 Å². The summed E-state index contributed by atoms with van der Waals surface area (Å²) in [6.07, 6.45) is 1.76. The van der Waals surface area contributed by atoms with Crippen molar-refractivity contribution >= 4 is 27.0 Å². The maximum Gasteiger partial charge on any atom is 0.154 e. The van der Waals surface area contributed by atoms with Gasteiger partial charge >= 0.3 is 0 Å². The number of nitrogens with zero attached hydrogens (tertiary/aromatic N) is 3. The first-order chi connectivity index (χ1) is 6.83. The van der Waals surface area contributed by atoms with Gasteiger partial charge in [-0.3, -0.25) is 9.67 Å². The lowest BCUT2D eigenvalue weighted by atomic mass is 10.4. The van der Waals surface area contributed by atoms with Gasteiger partial charge < -0.3 is 4.74 Å². The molecular weight excluding hydrogens is 246 g/mol. The highest BCUT2D eigenvalue weighted by molar-refractivity contribution is 9.10. The van der Waals surface area contributed by atoms with Crippen LogP contribution in [0.4, 0.5) is 0 Å². The first-order valence-corrected chi connectivity index (χ1v) is 5.08. The molecular formula is C9H10BrN3O. The lowest BCUT2D eigenvalue weighted by Crippen LogP contribution is -2.05. The molecule has 0 fully saturated rings. The Morgan fingerprint density at radius 3 is 3.21 bits per heavy atom. The average molecular weight is 256 g/mol. The minimum absolute atomic E-state index is 0.651. The fourth-order valence-corrected chi connectivity index (χ4v) is 1.82. The van der Waals surface area contributed by atoms with Crippen molar-refractivity contribution in [3.63, 3.8) is 0 Å². The van der Waals surface area contributed by atoms with Crippen molar-refractivity contribution in [1.82, 2.24) is 14.8 Å². The molecule has 0 saturated carbocycles. The summed E-state index contributed by atoms with van der Waals surface area (Å²) in [6, 6.07) is 3.90. The number of ether oxygens (including phenoxy) is 1. The summed E-state index contributed by atoms with van der Waals surface area (Å²) in [7, 11) is 1.68. The maximum absolute atomic E-state index is 5.01. The summed E-state index contributed by atoms with van der Waals surface area (Å²) >= 11 is 3.37. The van der Waals surface area contributed by atoms with E-state index in [-0.39, 0.29) is 0 Å². The van der Waals surface area contributed by atoms with E-state index in [0.29, 0.717) is 6.61 Å². The Morgan fingerprint density at radius 1 is 1.57 bits per heavy atom. The number of halogens is 1. The van der Waals surface area contributed by atoms with Gasteiger partial charge in [0.05, 0.1) is 18.7 Å². The smallest absolute Gasteiger partial charge is 0.154 e. The fourth-order valence-electron chi connectivity index (χ4n) is 1.32. The largest absolute Gasteiger partial charge is 0.383 e. The standard InChI is InChI=1S/C9H10BrN3O/c1-14-6-5-13-7-3-2-4-11-8(7)9(10)12-13/h2-4H,5-6H2,1H3. The van der Waals surface area contributed by atoms with Crippen molar-refractivity contribution in [2.24, 2.45) is 0 Å². The molecule has 0 aliphatic rings. The quantitative estimate of drug-likeness (QED) is 0.841. The maximum atomic E-state index is 5.01. The summed E-state index contributed by atoms with van der Waals surface area (Å²) in [5, 5.41) is 4.32. The van der Waals surface area contributed by atoms with E-state index in [9.17, 15) is 0 Å². The van der Waals surface area contributed by atoms with Crippen LogP contribution < -0.4 is 0 Å². The van der Waals surface area contributed by atoms with Crippen LogP contribution in [0.15, 0.2) is 22.9 Å². The lowest BCUT2D eigenvalue weighted by molar-refractivity contribution is 0.185. The molecule has 14 heavy (non-hydrogen) atoms. The van der Waals surface area contributed by atoms with E-state index in [4.69, 9.17) is 4.74 Å². The monoisotopic (exact) mass is 255 g/mol. The molecule has 0 amide bonds. The Hall–Kier alpha value is -0.940. The number of hydrogen-bond acceptors (Lipinski definition) is 3. The summed E-state index contributed by atoms with van der Waals surface area (Å²) in [5.41, 5.74) is 1.92. The van der Waals surface area contributed by atoms with Crippen molar-refractivity contribution in [2.75, 3.05) is 13.7 Å². The number of rotatable bonds is 3. The van der Waals surface area contributed by atoms with E-state index in [1.165, 1.54) is 0 Å². The number of pyridine rings is 1. The molecule has 74 valence electrons. The van der Waals surface area contributed by atoms with Gasteiger partial charge in [0.15, 0.2) is 4.60 Å². The Bertz CT molecular complexity index is 441. The van der Waals surface area contributed by atoms with E-state index < -0.39 is 0 Å². The van der Waals surface area contributed by atoms with Crippen LogP contribution in [0.25, 0.3) is 11.0 Å². The highest BCUT2D eigenvalue weighted by Crippen LogP contribution is 2.20. The van der Waals surface area contributed by atoms with Gasteiger partial charge in [0, 0.05) is 13.3 Å². The molecule has 0 aliphatic carbocycles.